The maximum atomic E-state index is 13.1. The zero-order valence-corrected chi connectivity index (χ0v) is 21.2. The molecule has 15 heteroatoms. The second-order valence-corrected chi connectivity index (χ2v) is 10.2. The van der Waals surface area contributed by atoms with Crippen molar-refractivity contribution in [3.8, 4) is 0 Å². The van der Waals surface area contributed by atoms with Gasteiger partial charge in [0.15, 0.2) is 5.16 Å². The number of aryl methyl sites for hydroxylation is 1. The summed E-state index contributed by atoms with van der Waals surface area (Å²) in [5.74, 6) is 0. The molecule has 0 unspecified atom stereocenters. The van der Waals surface area contributed by atoms with E-state index in [2.05, 4.69) is 15.5 Å². The molecule has 0 saturated heterocycles. The number of nitro groups is 2. The summed E-state index contributed by atoms with van der Waals surface area (Å²) in [6.07, 6.45) is 4.61. The molecule has 0 saturated carbocycles. The van der Waals surface area contributed by atoms with Gasteiger partial charge in [0.05, 0.1) is 26.6 Å². The van der Waals surface area contributed by atoms with Crippen molar-refractivity contribution >= 4 is 45.1 Å². The fraction of sp³-hybridized carbons (Fsp3) is 0.238. The Morgan fingerprint density at radius 1 is 1.14 bits per heavy atom. The van der Waals surface area contributed by atoms with Crippen LogP contribution in [0.15, 0.2) is 68.8 Å². The maximum Gasteiger partial charge on any atom is 0.283 e. The van der Waals surface area contributed by atoms with E-state index in [4.69, 9.17) is 0 Å². The molecule has 1 N–H and O–H groups in total. The highest BCUT2D eigenvalue weighted by molar-refractivity contribution is 7.99. The Morgan fingerprint density at radius 3 is 2.44 bits per heavy atom. The number of benzene rings is 2. The van der Waals surface area contributed by atoms with Crippen LogP contribution in [0, 0.1) is 20.2 Å². The van der Waals surface area contributed by atoms with Gasteiger partial charge < -0.3 is 4.57 Å². The number of sulfonamides is 1. The summed E-state index contributed by atoms with van der Waals surface area (Å²) in [4.78, 5) is 25.9. The molecule has 3 rings (SSSR count). The SMILES string of the molecule is CCN(CC)S(=O)(=O)c1cc([N+](=O)[O-])ccc1N/N=C\c1ccc(Sc2nccn2C)c([N+](=O)[O-])c1. The highest BCUT2D eigenvalue weighted by atomic mass is 32.2. The van der Waals surface area contributed by atoms with Crippen LogP contribution < -0.4 is 5.43 Å². The Bertz CT molecular complexity index is 1420. The molecular formula is C21H23N7O6S2. The van der Waals surface area contributed by atoms with E-state index < -0.39 is 19.9 Å². The van der Waals surface area contributed by atoms with Gasteiger partial charge in [-0.1, -0.05) is 19.9 Å². The summed E-state index contributed by atoms with van der Waals surface area (Å²) in [5.41, 5.74) is 2.48. The van der Waals surface area contributed by atoms with E-state index >= 15 is 0 Å². The van der Waals surface area contributed by atoms with Crippen molar-refractivity contribution in [2.45, 2.75) is 28.8 Å². The second kappa shape index (κ2) is 11.3. The van der Waals surface area contributed by atoms with Crippen molar-refractivity contribution in [3.05, 3.63) is 74.6 Å². The van der Waals surface area contributed by atoms with Crippen molar-refractivity contribution in [1.82, 2.24) is 13.9 Å². The molecule has 190 valence electrons. The van der Waals surface area contributed by atoms with Gasteiger partial charge in [0.1, 0.15) is 4.90 Å². The molecule has 0 aliphatic rings. The highest BCUT2D eigenvalue weighted by Gasteiger charge is 2.27. The van der Waals surface area contributed by atoms with Gasteiger partial charge in [-0.2, -0.15) is 9.41 Å². The predicted octanol–water partition coefficient (Wildman–Crippen LogP) is 3.86. The van der Waals surface area contributed by atoms with Crippen molar-refractivity contribution in [1.29, 1.82) is 0 Å². The van der Waals surface area contributed by atoms with Crippen molar-refractivity contribution in [2.75, 3.05) is 18.5 Å². The molecule has 13 nitrogen and oxygen atoms in total. The van der Waals surface area contributed by atoms with E-state index in [-0.39, 0.29) is 35.0 Å². The number of anilines is 1. The minimum Gasteiger partial charge on any atom is -0.329 e. The van der Waals surface area contributed by atoms with E-state index in [1.165, 1.54) is 22.7 Å². The number of nitrogens with zero attached hydrogens (tertiary/aromatic N) is 6. The second-order valence-electron chi connectivity index (χ2n) is 7.30. The molecular weight excluding hydrogens is 510 g/mol. The normalized spacial score (nSPS) is 11.8. The van der Waals surface area contributed by atoms with Gasteiger partial charge >= 0.3 is 0 Å². The number of hydrogen-bond donors (Lipinski definition) is 1. The average molecular weight is 534 g/mol. The zero-order valence-electron chi connectivity index (χ0n) is 19.6. The van der Waals surface area contributed by atoms with Crippen LogP contribution in [0.25, 0.3) is 0 Å². The molecule has 2 aromatic carbocycles. The third-order valence-electron chi connectivity index (χ3n) is 5.06. The zero-order chi connectivity index (χ0) is 26.5. The molecule has 3 aromatic rings. The number of aromatic nitrogens is 2. The molecule has 0 bridgehead atoms. The van der Waals surface area contributed by atoms with E-state index in [9.17, 15) is 28.6 Å². The lowest BCUT2D eigenvalue weighted by molar-refractivity contribution is -0.387. The van der Waals surface area contributed by atoms with Crippen LogP contribution in [-0.2, 0) is 17.1 Å². The molecule has 1 aromatic heterocycles. The van der Waals surface area contributed by atoms with E-state index in [1.54, 1.807) is 50.0 Å². The largest absolute Gasteiger partial charge is 0.329 e. The maximum absolute atomic E-state index is 13.1. The average Bonchev–Trinajstić information content (AvgIpc) is 3.24. The summed E-state index contributed by atoms with van der Waals surface area (Å²) < 4.78 is 29.0. The van der Waals surface area contributed by atoms with Crippen LogP contribution in [0.2, 0.25) is 0 Å². The van der Waals surface area contributed by atoms with E-state index in [1.807, 2.05) is 0 Å². The third kappa shape index (κ3) is 5.87. The fourth-order valence-corrected chi connectivity index (χ4v) is 5.71. The summed E-state index contributed by atoms with van der Waals surface area (Å²) in [7, 11) is -2.26. The van der Waals surface area contributed by atoms with Gasteiger partial charge in [-0.15, -0.1) is 0 Å². The number of hydrazone groups is 1. The van der Waals surface area contributed by atoms with Crippen molar-refractivity contribution in [2.24, 2.45) is 12.1 Å². The molecule has 0 fully saturated rings. The van der Waals surface area contributed by atoms with E-state index in [0.29, 0.717) is 15.6 Å². The first-order valence-electron chi connectivity index (χ1n) is 10.6. The first kappa shape index (κ1) is 26.8. The standard InChI is InChI=1S/C21H23N7O6S2/c1-4-26(5-2)36(33,34)20-13-16(27(29)30)7-8-17(20)24-23-14-15-6-9-19(18(12-15)28(31)32)35-21-22-10-11-25(21)3/h6-14,24H,4-5H2,1-3H3/b23-14-. The first-order chi connectivity index (χ1) is 17.1. The number of imidazole rings is 1. The fourth-order valence-electron chi connectivity index (χ4n) is 3.20. The Balaban J connectivity index is 1.91. The molecule has 1 heterocycles. The third-order valence-corrected chi connectivity index (χ3v) is 8.29. The van der Waals surface area contributed by atoms with Crippen molar-refractivity contribution in [3.63, 3.8) is 0 Å². The van der Waals surface area contributed by atoms with Crippen LogP contribution in [0.1, 0.15) is 19.4 Å². The Hall–Kier alpha value is -3.82. The molecule has 0 atom stereocenters. The van der Waals surface area contributed by atoms with Gasteiger partial charge in [-0.05, 0) is 23.9 Å². The lowest BCUT2D eigenvalue weighted by atomic mass is 10.2. The highest BCUT2D eigenvalue weighted by Crippen LogP contribution is 2.34. The number of nitro benzene ring substituents is 2. The summed E-state index contributed by atoms with van der Waals surface area (Å²) in [5, 5.41) is 27.4. The van der Waals surface area contributed by atoms with Crippen molar-refractivity contribution < 1.29 is 18.3 Å². The number of rotatable bonds is 11. The monoisotopic (exact) mass is 533 g/mol. The Labute approximate surface area is 211 Å². The molecule has 0 spiro atoms. The lowest BCUT2D eigenvalue weighted by Gasteiger charge is -2.20. The topological polar surface area (TPSA) is 166 Å². The predicted molar refractivity (Wildman–Crippen MR) is 135 cm³/mol. The molecule has 0 aliphatic carbocycles. The van der Waals surface area contributed by atoms with Gasteiger partial charge in [-0.3, -0.25) is 25.7 Å². The number of nitrogens with one attached hydrogen (secondary N) is 1. The quantitative estimate of drug-likeness (QED) is 0.219. The van der Waals surface area contributed by atoms with Crippen LogP contribution in [-0.4, -0.2) is 51.4 Å². The summed E-state index contributed by atoms with van der Waals surface area (Å²) in [6.45, 7) is 3.67. The Morgan fingerprint density at radius 2 is 1.86 bits per heavy atom. The smallest absolute Gasteiger partial charge is 0.283 e. The van der Waals surface area contributed by atoms with Crippen LogP contribution in [0.4, 0.5) is 17.1 Å². The number of non-ortho nitro benzene ring substituents is 1. The van der Waals surface area contributed by atoms with Gasteiger partial charge in [0.2, 0.25) is 10.0 Å². The molecule has 36 heavy (non-hydrogen) atoms. The summed E-state index contributed by atoms with van der Waals surface area (Å²) in [6, 6.07) is 7.90. The molecule has 0 radical (unpaired) electrons. The Kier molecular flexibility index (Phi) is 8.39. The van der Waals surface area contributed by atoms with E-state index in [0.717, 1.165) is 23.9 Å². The number of hydrogen-bond acceptors (Lipinski definition) is 10. The molecule has 0 amide bonds. The van der Waals surface area contributed by atoms with Crippen LogP contribution in [0.3, 0.4) is 0 Å². The van der Waals surface area contributed by atoms with Gasteiger partial charge in [0, 0.05) is 56.3 Å². The van der Waals surface area contributed by atoms with Gasteiger partial charge in [-0.25, -0.2) is 13.4 Å². The summed E-state index contributed by atoms with van der Waals surface area (Å²) >= 11 is 1.14. The van der Waals surface area contributed by atoms with Gasteiger partial charge in [0.25, 0.3) is 11.4 Å². The minimum atomic E-state index is -4.04. The van der Waals surface area contributed by atoms with Crippen LogP contribution >= 0.6 is 11.8 Å². The van der Waals surface area contributed by atoms with Crippen LogP contribution in [0.5, 0.6) is 0 Å². The first-order valence-corrected chi connectivity index (χ1v) is 12.8. The lowest BCUT2D eigenvalue weighted by Crippen LogP contribution is -2.31. The minimum absolute atomic E-state index is 0.0280. The molecule has 0 aliphatic heterocycles.